The minimum absolute atomic E-state index is 0.214. The Morgan fingerprint density at radius 1 is 1.57 bits per heavy atom. The van der Waals surface area contributed by atoms with Crippen LogP contribution in [-0.2, 0) is 13.5 Å². The van der Waals surface area contributed by atoms with Crippen LogP contribution in [0.15, 0.2) is 0 Å². The Hall–Kier alpha value is -1.23. The van der Waals surface area contributed by atoms with Gasteiger partial charge in [0.2, 0.25) is 0 Å². The van der Waals surface area contributed by atoms with Gasteiger partial charge in [0.25, 0.3) is 0 Å². The lowest BCUT2D eigenvalue weighted by atomic mass is 10.1. The van der Waals surface area contributed by atoms with Gasteiger partial charge >= 0.3 is 0 Å². The van der Waals surface area contributed by atoms with E-state index >= 15 is 0 Å². The first-order chi connectivity index (χ1) is 6.63. The zero-order chi connectivity index (χ0) is 10.3. The van der Waals surface area contributed by atoms with Crippen LogP contribution in [0.3, 0.4) is 0 Å². The van der Waals surface area contributed by atoms with Crippen LogP contribution in [0.25, 0.3) is 0 Å². The average Bonchev–Trinajstić information content (AvgIpc) is 2.37. The molecule has 0 bridgehead atoms. The highest BCUT2D eigenvalue weighted by molar-refractivity contribution is 5.67. The fourth-order valence-electron chi connectivity index (χ4n) is 1.85. The van der Waals surface area contributed by atoms with Gasteiger partial charge < -0.3 is 15.7 Å². The summed E-state index contributed by atoms with van der Waals surface area (Å²) in [5, 5.41) is 13.5. The number of aliphatic hydroxyl groups is 1. The summed E-state index contributed by atoms with van der Waals surface area (Å²) in [6.45, 7) is 3.35. The summed E-state index contributed by atoms with van der Waals surface area (Å²) in [7, 11) is 1.88. The van der Waals surface area contributed by atoms with E-state index < -0.39 is 0 Å². The summed E-state index contributed by atoms with van der Waals surface area (Å²) in [5.41, 5.74) is 7.65. The molecule has 1 aliphatic rings. The van der Waals surface area contributed by atoms with Gasteiger partial charge in [0, 0.05) is 20.1 Å². The number of anilines is 2. The monoisotopic (exact) mass is 196 g/mol. The van der Waals surface area contributed by atoms with Crippen LogP contribution in [-0.4, -0.2) is 34.1 Å². The Labute approximate surface area is 83.1 Å². The molecule has 78 valence electrons. The second-order valence-electron chi connectivity index (χ2n) is 3.72. The molecule has 0 radical (unpaired) electrons. The predicted molar refractivity (Wildman–Crippen MR) is 55.2 cm³/mol. The molecule has 0 saturated carbocycles. The Balaban J connectivity index is 2.28. The molecule has 1 fully saturated rings. The van der Waals surface area contributed by atoms with Crippen molar-refractivity contribution >= 4 is 11.5 Å². The first kappa shape index (κ1) is 9.33. The fraction of sp³-hybridized carbons (Fsp3) is 0.667. The maximum absolute atomic E-state index is 9.21. The summed E-state index contributed by atoms with van der Waals surface area (Å²) in [5.74, 6) is 0.937. The zero-order valence-electron chi connectivity index (χ0n) is 8.56. The van der Waals surface area contributed by atoms with Crippen molar-refractivity contribution in [1.29, 1.82) is 0 Å². The third-order valence-corrected chi connectivity index (χ3v) is 2.63. The first-order valence-electron chi connectivity index (χ1n) is 4.87. The van der Waals surface area contributed by atoms with Crippen LogP contribution in [0.1, 0.15) is 12.6 Å². The number of β-amino-alcohol motifs (C(OH)–C–C–N with tert-alkyl or cyclic N) is 1. The number of rotatable bonds is 2. The summed E-state index contributed by atoms with van der Waals surface area (Å²) >= 11 is 0. The maximum Gasteiger partial charge on any atom is 0.150 e. The van der Waals surface area contributed by atoms with Crippen molar-refractivity contribution in [2.45, 2.75) is 19.4 Å². The van der Waals surface area contributed by atoms with Gasteiger partial charge in [0.1, 0.15) is 0 Å². The summed E-state index contributed by atoms with van der Waals surface area (Å²) in [6, 6.07) is 0. The van der Waals surface area contributed by atoms with Crippen molar-refractivity contribution in [3.05, 3.63) is 5.69 Å². The predicted octanol–water partition coefficient (Wildman–Crippen LogP) is -0.254. The fourth-order valence-corrected chi connectivity index (χ4v) is 1.85. The maximum atomic E-state index is 9.21. The van der Waals surface area contributed by atoms with E-state index in [2.05, 4.69) is 5.10 Å². The van der Waals surface area contributed by atoms with Gasteiger partial charge in [0.05, 0.1) is 17.5 Å². The van der Waals surface area contributed by atoms with Crippen LogP contribution in [0.4, 0.5) is 11.5 Å². The van der Waals surface area contributed by atoms with E-state index in [4.69, 9.17) is 5.73 Å². The van der Waals surface area contributed by atoms with E-state index in [-0.39, 0.29) is 6.10 Å². The molecule has 1 aromatic rings. The number of aliphatic hydroxyl groups excluding tert-OH is 1. The molecule has 5 heteroatoms. The van der Waals surface area contributed by atoms with Gasteiger partial charge in [-0.15, -0.1) is 0 Å². The summed E-state index contributed by atoms with van der Waals surface area (Å²) in [4.78, 5) is 2.05. The van der Waals surface area contributed by atoms with Crippen LogP contribution >= 0.6 is 0 Å². The minimum atomic E-state index is -0.214. The molecule has 0 aliphatic carbocycles. The second kappa shape index (κ2) is 3.16. The molecule has 1 aromatic heterocycles. The minimum Gasteiger partial charge on any atom is -0.394 e. The van der Waals surface area contributed by atoms with Gasteiger partial charge in [-0.2, -0.15) is 5.10 Å². The molecular formula is C9H16N4O. The van der Waals surface area contributed by atoms with Crippen LogP contribution < -0.4 is 10.6 Å². The largest absolute Gasteiger partial charge is 0.394 e. The van der Waals surface area contributed by atoms with E-state index in [0.717, 1.165) is 23.6 Å². The molecule has 0 aromatic carbocycles. The third kappa shape index (κ3) is 1.24. The number of nitrogen functional groups attached to an aromatic ring is 1. The zero-order valence-corrected chi connectivity index (χ0v) is 8.56. The normalized spacial score (nSPS) is 17.2. The second-order valence-corrected chi connectivity index (χ2v) is 3.72. The number of hydrogen-bond donors (Lipinski definition) is 2. The molecule has 1 aliphatic heterocycles. The van der Waals surface area contributed by atoms with E-state index in [1.165, 1.54) is 0 Å². The number of aryl methyl sites for hydroxylation is 2. The lowest BCUT2D eigenvalue weighted by Crippen LogP contribution is -2.51. The molecule has 0 spiro atoms. The highest BCUT2D eigenvalue weighted by atomic mass is 16.3. The number of hydrogen-bond acceptors (Lipinski definition) is 4. The third-order valence-electron chi connectivity index (χ3n) is 2.63. The average molecular weight is 196 g/mol. The van der Waals surface area contributed by atoms with Crippen LogP contribution in [0.2, 0.25) is 0 Å². The van der Waals surface area contributed by atoms with Gasteiger partial charge in [-0.3, -0.25) is 4.68 Å². The first-order valence-corrected chi connectivity index (χ1v) is 4.87. The smallest absolute Gasteiger partial charge is 0.150 e. The van der Waals surface area contributed by atoms with Crippen molar-refractivity contribution in [2.75, 3.05) is 23.7 Å². The van der Waals surface area contributed by atoms with Crippen molar-refractivity contribution in [3.63, 3.8) is 0 Å². The molecule has 0 atom stereocenters. The summed E-state index contributed by atoms with van der Waals surface area (Å²) in [6.07, 6.45) is 0.630. The number of nitrogens with two attached hydrogens (primary N) is 1. The lowest BCUT2D eigenvalue weighted by Gasteiger charge is -2.37. The van der Waals surface area contributed by atoms with Gasteiger partial charge in [-0.1, -0.05) is 6.92 Å². The SMILES string of the molecule is CCc1nn(C)c(N2CC(O)C2)c1N. The quantitative estimate of drug-likeness (QED) is 0.684. The standard InChI is InChI=1S/C9H16N4O/c1-3-7-8(10)9(12(2)11-7)13-4-6(14)5-13/h6,14H,3-5,10H2,1-2H3. The highest BCUT2D eigenvalue weighted by Crippen LogP contribution is 2.29. The molecule has 0 unspecified atom stereocenters. The van der Waals surface area contributed by atoms with E-state index in [1.807, 2.05) is 18.9 Å². The molecule has 1 saturated heterocycles. The molecule has 2 heterocycles. The Morgan fingerprint density at radius 2 is 2.21 bits per heavy atom. The van der Waals surface area contributed by atoms with Crippen molar-refractivity contribution in [3.8, 4) is 0 Å². The molecule has 0 amide bonds. The topological polar surface area (TPSA) is 67.3 Å². The molecule has 3 N–H and O–H groups in total. The van der Waals surface area contributed by atoms with Gasteiger partial charge in [0.15, 0.2) is 5.82 Å². The van der Waals surface area contributed by atoms with E-state index in [0.29, 0.717) is 13.1 Å². The molecule has 5 nitrogen and oxygen atoms in total. The Kier molecular flexibility index (Phi) is 2.11. The molecule has 2 rings (SSSR count). The van der Waals surface area contributed by atoms with Crippen molar-refractivity contribution in [1.82, 2.24) is 9.78 Å². The van der Waals surface area contributed by atoms with Crippen LogP contribution in [0.5, 0.6) is 0 Å². The lowest BCUT2D eigenvalue weighted by molar-refractivity contribution is 0.140. The van der Waals surface area contributed by atoms with Crippen molar-refractivity contribution in [2.24, 2.45) is 7.05 Å². The highest BCUT2D eigenvalue weighted by Gasteiger charge is 2.29. The Bertz CT molecular complexity index is 341. The van der Waals surface area contributed by atoms with Crippen molar-refractivity contribution < 1.29 is 5.11 Å². The van der Waals surface area contributed by atoms with Gasteiger partial charge in [-0.05, 0) is 6.42 Å². The number of nitrogens with zero attached hydrogens (tertiary/aromatic N) is 3. The van der Waals surface area contributed by atoms with E-state index in [1.54, 1.807) is 4.68 Å². The van der Waals surface area contributed by atoms with Gasteiger partial charge in [-0.25, -0.2) is 0 Å². The molecule has 14 heavy (non-hydrogen) atoms. The number of aromatic nitrogens is 2. The molecular weight excluding hydrogens is 180 g/mol. The summed E-state index contributed by atoms with van der Waals surface area (Å²) < 4.78 is 1.79. The van der Waals surface area contributed by atoms with E-state index in [9.17, 15) is 5.11 Å². The van der Waals surface area contributed by atoms with Crippen LogP contribution in [0, 0.1) is 0 Å². The Morgan fingerprint density at radius 3 is 2.64 bits per heavy atom.